The molecule has 2 atom stereocenters. The van der Waals surface area contributed by atoms with E-state index in [0.29, 0.717) is 12.6 Å². The van der Waals surface area contributed by atoms with Crippen molar-refractivity contribution < 1.29 is 4.39 Å². The van der Waals surface area contributed by atoms with Gasteiger partial charge in [-0.25, -0.2) is 4.39 Å². The zero-order chi connectivity index (χ0) is 14.8. The van der Waals surface area contributed by atoms with E-state index in [2.05, 4.69) is 39.6 Å². The van der Waals surface area contributed by atoms with Crippen LogP contribution in [0.3, 0.4) is 0 Å². The Morgan fingerprint density at radius 1 is 1.32 bits per heavy atom. The Morgan fingerprint density at radius 2 is 1.89 bits per heavy atom. The van der Waals surface area contributed by atoms with Crippen LogP contribution in [0.5, 0.6) is 0 Å². The summed E-state index contributed by atoms with van der Waals surface area (Å²) in [6, 6.07) is 5.33. The first-order chi connectivity index (χ1) is 8.68. The molecule has 0 aromatic heterocycles. The maximum Gasteiger partial charge on any atom is 0.123 e. The highest BCUT2D eigenvalue weighted by Gasteiger charge is 2.29. The highest BCUT2D eigenvalue weighted by Crippen LogP contribution is 2.31. The number of hydrogen-bond acceptors (Lipinski definition) is 2. The summed E-state index contributed by atoms with van der Waals surface area (Å²) in [5.41, 5.74) is 8.17. The van der Waals surface area contributed by atoms with Gasteiger partial charge in [0.05, 0.1) is 0 Å². The van der Waals surface area contributed by atoms with Crippen molar-refractivity contribution >= 4 is 0 Å². The van der Waals surface area contributed by atoms with Crippen LogP contribution >= 0.6 is 0 Å². The zero-order valence-electron chi connectivity index (χ0n) is 13.0. The minimum absolute atomic E-state index is 0.0462. The number of nitrogens with zero attached hydrogens (tertiary/aromatic N) is 1. The van der Waals surface area contributed by atoms with Crippen molar-refractivity contribution in [3.8, 4) is 0 Å². The van der Waals surface area contributed by atoms with Crippen LogP contribution in [-0.4, -0.2) is 24.5 Å². The van der Waals surface area contributed by atoms with Crippen molar-refractivity contribution in [2.24, 2.45) is 11.1 Å². The average molecular weight is 266 g/mol. The third kappa shape index (κ3) is 3.77. The fourth-order valence-electron chi connectivity index (χ4n) is 2.36. The fourth-order valence-corrected chi connectivity index (χ4v) is 2.36. The van der Waals surface area contributed by atoms with Crippen molar-refractivity contribution in [3.05, 3.63) is 35.1 Å². The van der Waals surface area contributed by atoms with Gasteiger partial charge in [-0.05, 0) is 49.6 Å². The molecular formula is C16H27FN2. The molecule has 1 rings (SSSR count). The van der Waals surface area contributed by atoms with Gasteiger partial charge in [-0.15, -0.1) is 0 Å². The first kappa shape index (κ1) is 16.1. The van der Waals surface area contributed by atoms with Gasteiger partial charge in [0.15, 0.2) is 0 Å². The lowest BCUT2D eigenvalue weighted by molar-refractivity contribution is 0.0997. The van der Waals surface area contributed by atoms with Crippen molar-refractivity contribution in [2.75, 3.05) is 13.6 Å². The van der Waals surface area contributed by atoms with Crippen LogP contribution < -0.4 is 5.73 Å². The molecule has 0 aliphatic carbocycles. The summed E-state index contributed by atoms with van der Waals surface area (Å²) in [6.45, 7) is 11.3. The van der Waals surface area contributed by atoms with Crippen LogP contribution in [-0.2, 0) is 0 Å². The zero-order valence-corrected chi connectivity index (χ0v) is 13.0. The molecule has 0 heterocycles. The third-order valence-corrected chi connectivity index (χ3v) is 4.18. The van der Waals surface area contributed by atoms with Crippen LogP contribution in [0.25, 0.3) is 0 Å². The third-order valence-electron chi connectivity index (χ3n) is 4.18. The number of rotatable bonds is 4. The van der Waals surface area contributed by atoms with E-state index >= 15 is 0 Å². The Bertz CT molecular complexity index is 423. The molecule has 1 aromatic carbocycles. The summed E-state index contributed by atoms with van der Waals surface area (Å²) in [6.07, 6.45) is 0. The van der Waals surface area contributed by atoms with Gasteiger partial charge in [0.1, 0.15) is 5.82 Å². The Kier molecular flexibility index (Phi) is 5.11. The van der Waals surface area contributed by atoms with Gasteiger partial charge in [0, 0.05) is 18.6 Å². The number of halogens is 1. The molecule has 0 aliphatic rings. The van der Waals surface area contributed by atoms with E-state index in [1.165, 1.54) is 6.07 Å². The molecule has 0 saturated carbocycles. The first-order valence-corrected chi connectivity index (χ1v) is 6.86. The molecule has 2 unspecified atom stereocenters. The summed E-state index contributed by atoms with van der Waals surface area (Å²) in [5.74, 6) is -0.198. The van der Waals surface area contributed by atoms with Crippen molar-refractivity contribution in [1.82, 2.24) is 4.90 Å². The molecule has 108 valence electrons. The molecule has 3 heteroatoms. The monoisotopic (exact) mass is 266 g/mol. The van der Waals surface area contributed by atoms with Crippen LogP contribution in [0.2, 0.25) is 0 Å². The average Bonchev–Trinajstić information content (AvgIpc) is 2.32. The van der Waals surface area contributed by atoms with Gasteiger partial charge in [-0.1, -0.05) is 26.8 Å². The number of hydrogen-bond donors (Lipinski definition) is 1. The quantitative estimate of drug-likeness (QED) is 0.903. The van der Waals surface area contributed by atoms with Crippen LogP contribution in [0.15, 0.2) is 18.2 Å². The lowest BCUT2D eigenvalue weighted by Crippen LogP contribution is -2.44. The minimum Gasteiger partial charge on any atom is -0.329 e. The van der Waals surface area contributed by atoms with E-state index in [-0.39, 0.29) is 17.3 Å². The Labute approximate surface area is 116 Å². The maximum atomic E-state index is 13.5. The van der Waals surface area contributed by atoms with Gasteiger partial charge >= 0.3 is 0 Å². The Morgan fingerprint density at radius 3 is 2.37 bits per heavy atom. The normalized spacial score (nSPS) is 15.6. The first-order valence-electron chi connectivity index (χ1n) is 6.86. The summed E-state index contributed by atoms with van der Waals surface area (Å²) in [5, 5.41) is 0. The molecule has 19 heavy (non-hydrogen) atoms. The molecule has 1 aromatic rings. The largest absolute Gasteiger partial charge is 0.329 e. The van der Waals surface area contributed by atoms with E-state index in [1.807, 2.05) is 13.0 Å². The lowest BCUT2D eigenvalue weighted by atomic mass is 9.85. The molecule has 0 radical (unpaired) electrons. The van der Waals surface area contributed by atoms with Gasteiger partial charge in [-0.2, -0.15) is 0 Å². The number of benzene rings is 1. The molecular weight excluding hydrogens is 239 g/mol. The molecule has 2 N–H and O–H groups in total. The molecule has 0 aliphatic heterocycles. The van der Waals surface area contributed by atoms with Gasteiger partial charge in [0.25, 0.3) is 0 Å². The van der Waals surface area contributed by atoms with Crippen LogP contribution in [0.4, 0.5) is 4.39 Å². The van der Waals surface area contributed by atoms with E-state index in [4.69, 9.17) is 5.73 Å². The molecule has 2 nitrogen and oxygen atoms in total. The summed E-state index contributed by atoms with van der Waals surface area (Å²) in [7, 11) is 2.07. The fraction of sp³-hybridized carbons (Fsp3) is 0.625. The van der Waals surface area contributed by atoms with Crippen molar-refractivity contribution in [1.29, 1.82) is 0 Å². The molecule has 0 bridgehead atoms. The Balaban J connectivity index is 3.10. The van der Waals surface area contributed by atoms with E-state index in [1.54, 1.807) is 6.07 Å². The topological polar surface area (TPSA) is 29.3 Å². The smallest absolute Gasteiger partial charge is 0.123 e. The van der Waals surface area contributed by atoms with Crippen LogP contribution in [0.1, 0.15) is 44.9 Å². The second-order valence-corrected chi connectivity index (χ2v) is 6.46. The summed E-state index contributed by atoms with van der Waals surface area (Å²) in [4.78, 5) is 2.25. The highest BCUT2D eigenvalue weighted by atomic mass is 19.1. The number of aryl methyl sites for hydroxylation is 1. The number of nitrogens with two attached hydrogens (primary N) is 1. The predicted molar refractivity (Wildman–Crippen MR) is 79.6 cm³/mol. The molecule has 0 saturated heterocycles. The van der Waals surface area contributed by atoms with Crippen LogP contribution in [0, 0.1) is 18.2 Å². The van der Waals surface area contributed by atoms with Gasteiger partial charge < -0.3 is 5.73 Å². The second-order valence-electron chi connectivity index (χ2n) is 6.46. The van der Waals surface area contributed by atoms with E-state index in [9.17, 15) is 4.39 Å². The highest BCUT2D eigenvalue weighted by molar-refractivity contribution is 5.30. The Hall–Kier alpha value is -0.930. The predicted octanol–water partition coefficient (Wildman–Crippen LogP) is 3.50. The SMILES string of the molecule is Cc1ccc(F)cc1C(CN)N(C)C(C)C(C)(C)C. The second kappa shape index (κ2) is 6.02. The summed E-state index contributed by atoms with van der Waals surface area (Å²) < 4.78 is 13.5. The van der Waals surface area contributed by atoms with Crippen molar-refractivity contribution in [2.45, 2.75) is 46.7 Å². The molecule has 0 spiro atoms. The van der Waals surface area contributed by atoms with Gasteiger partial charge in [-0.3, -0.25) is 4.90 Å². The maximum absolute atomic E-state index is 13.5. The van der Waals surface area contributed by atoms with E-state index in [0.717, 1.165) is 11.1 Å². The van der Waals surface area contributed by atoms with Crippen molar-refractivity contribution in [3.63, 3.8) is 0 Å². The molecule has 0 fully saturated rings. The summed E-state index contributed by atoms with van der Waals surface area (Å²) >= 11 is 0. The van der Waals surface area contributed by atoms with Gasteiger partial charge in [0.2, 0.25) is 0 Å². The number of likely N-dealkylation sites (N-methyl/N-ethyl adjacent to an activating group) is 1. The molecule has 0 amide bonds. The lowest BCUT2D eigenvalue weighted by Gasteiger charge is -2.40. The minimum atomic E-state index is -0.198. The van der Waals surface area contributed by atoms with E-state index < -0.39 is 0 Å². The standard InChI is InChI=1S/C16H27FN2/c1-11-7-8-13(17)9-14(11)15(10-18)19(6)12(2)16(3,4)5/h7-9,12,15H,10,18H2,1-6H3.